The number of carboxylic acids is 1. The zero-order valence-corrected chi connectivity index (χ0v) is 15.5. The third-order valence-electron chi connectivity index (χ3n) is 5.24. The predicted molar refractivity (Wildman–Crippen MR) is 97.0 cm³/mol. The lowest BCUT2D eigenvalue weighted by atomic mass is 9.83. The molecule has 0 atom stereocenters. The SMILES string of the molecule is COc1cc(C)c(CC(=O)NC2(C(=O)O)CCCCCCC2)c(C)c1. The van der Waals surface area contributed by atoms with Crippen LogP contribution in [0.2, 0.25) is 0 Å². The second kappa shape index (κ2) is 8.37. The smallest absolute Gasteiger partial charge is 0.329 e. The van der Waals surface area contributed by atoms with Crippen LogP contribution < -0.4 is 10.1 Å². The Hall–Kier alpha value is -2.04. The molecule has 1 fully saturated rings. The van der Waals surface area contributed by atoms with Gasteiger partial charge in [-0.25, -0.2) is 4.79 Å². The summed E-state index contributed by atoms with van der Waals surface area (Å²) in [7, 11) is 1.62. The first-order chi connectivity index (χ1) is 11.9. The zero-order valence-electron chi connectivity index (χ0n) is 15.5. The van der Waals surface area contributed by atoms with E-state index in [4.69, 9.17) is 4.74 Å². The lowest BCUT2D eigenvalue weighted by molar-refractivity contribution is -0.148. The van der Waals surface area contributed by atoms with Crippen molar-refractivity contribution in [3.8, 4) is 5.75 Å². The van der Waals surface area contributed by atoms with Crippen LogP contribution in [0.15, 0.2) is 12.1 Å². The Morgan fingerprint density at radius 2 is 1.60 bits per heavy atom. The molecule has 0 aliphatic heterocycles. The summed E-state index contributed by atoms with van der Waals surface area (Å²) in [6, 6.07) is 3.80. The molecule has 1 aromatic carbocycles. The van der Waals surface area contributed by atoms with Crippen molar-refractivity contribution >= 4 is 11.9 Å². The van der Waals surface area contributed by atoms with Crippen LogP contribution in [0.25, 0.3) is 0 Å². The van der Waals surface area contributed by atoms with Crippen molar-refractivity contribution in [3.05, 3.63) is 28.8 Å². The first-order valence-corrected chi connectivity index (χ1v) is 9.06. The number of benzene rings is 1. The Morgan fingerprint density at radius 1 is 1.08 bits per heavy atom. The summed E-state index contributed by atoms with van der Waals surface area (Å²) < 4.78 is 5.25. The Bertz CT molecular complexity index is 608. The van der Waals surface area contributed by atoms with Crippen LogP contribution in [0.3, 0.4) is 0 Å². The van der Waals surface area contributed by atoms with Crippen LogP contribution in [-0.4, -0.2) is 29.6 Å². The molecule has 0 spiro atoms. The van der Waals surface area contributed by atoms with Gasteiger partial charge in [-0.3, -0.25) is 4.79 Å². The molecule has 5 nitrogen and oxygen atoms in total. The number of rotatable bonds is 5. The van der Waals surface area contributed by atoms with E-state index in [1.165, 1.54) is 0 Å². The lowest BCUT2D eigenvalue weighted by Crippen LogP contribution is -2.55. The van der Waals surface area contributed by atoms with Crippen molar-refractivity contribution in [1.29, 1.82) is 0 Å². The van der Waals surface area contributed by atoms with Crippen LogP contribution in [0.5, 0.6) is 5.75 Å². The molecule has 1 aliphatic carbocycles. The molecular formula is C20H29NO4. The van der Waals surface area contributed by atoms with Gasteiger partial charge in [0.25, 0.3) is 0 Å². The van der Waals surface area contributed by atoms with Crippen molar-refractivity contribution in [1.82, 2.24) is 5.32 Å². The Morgan fingerprint density at radius 3 is 2.08 bits per heavy atom. The first kappa shape index (κ1) is 19.3. The standard InChI is InChI=1S/C20H29NO4/c1-14-11-16(25-3)12-15(2)17(14)13-18(22)21-20(19(23)24)9-7-5-4-6-8-10-20/h11-12H,4-10,13H2,1-3H3,(H,21,22)(H,23,24). The van der Waals surface area contributed by atoms with E-state index in [1.807, 2.05) is 26.0 Å². The minimum Gasteiger partial charge on any atom is -0.497 e. The highest BCUT2D eigenvalue weighted by molar-refractivity contribution is 5.88. The summed E-state index contributed by atoms with van der Waals surface area (Å²) in [6.07, 6.45) is 6.09. The monoisotopic (exact) mass is 347 g/mol. The van der Waals surface area contributed by atoms with Gasteiger partial charge in [0.2, 0.25) is 5.91 Å². The number of carboxylic acid groups (broad SMARTS) is 1. The predicted octanol–water partition coefficient (Wildman–Crippen LogP) is 3.54. The summed E-state index contributed by atoms with van der Waals surface area (Å²) in [5.41, 5.74) is 1.78. The summed E-state index contributed by atoms with van der Waals surface area (Å²) in [5.74, 6) is -0.369. The highest BCUT2D eigenvalue weighted by Crippen LogP contribution is 2.28. The topological polar surface area (TPSA) is 75.6 Å². The fraction of sp³-hybridized carbons (Fsp3) is 0.600. The number of aliphatic carboxylic acids is 1. The van der Waals surface area contributed by atoms with Gasteiger partial charge >= 0.3 is 5.97 Å². The highest BCUT2D eigenvalue weighted by atomic mass is 16.5. The van der Waals surface area contributed by atoms with Gasteiger partial charge in [-0.2, -0.15) is 0 Å². The van der Waals surface area contributed by atoms with Gasteiger partial charge in [-0.05, 0) is 55.5 Å². The molecule has 0 saturated heterocycles. The van der Waals surface area contributed by atoms with E-state index in [9.17, 15) is 14.7 Å². The van der Waals surface area contributed by atoms with Gasteiger partial charge in [-0.1, -0.05) is 32.1 Å². The minimum atomic E-state index is -1.12. The van der Waals surface area contributed by atoms with Crippen molar-refractivity contribution in [2.45, 2.75) is 70.8 Å². The molecule has 0 aromatic heterocycles. The number of carbonyl (C=O) groups is 2. The normalized spacial score (nSPS) is 17.2. The summed E-state index contributed by atoms with van der Waals surface area (Å²) in [6.45, 7) is 3.89. The molecule has 0 heterocycles. The van der Waals surface area contributed by atoms with Gasteiger partial charge in [0.15, 0.2) is 0 Å². The van der Waals surface area contributed by atoms with Crippen molar-refractivity contribution < 1.29 is 19.4 Å². The summed E-state index contributed by atoms with van der Waals surface area (Å²) in [5, 5.41) is 12.6. The number of aryl methyl sites for hydroxylation is 2. The van der Waals surface area contributed by atoms with Gasteiger partial charge in [0.05, 0.1) is 13.5 Å². The molecule has 1 amide bonds. The van der Waals surface area contributed by atoms with Crippen molar-refractivity contribution in [2.24, 2.45) is 0 Å². The average molecular weight is 347 g/mol. The number of nitrogens with one attached hydrogen (secondary N) is 1. The van der Waals surface area contributed by atoms with E-state index >= 15 is 0 Å². The molecule has 1 saturated carbocycles. The molecule has 5 heteroatoms. The maximum Gasteiger partial charge on any atom is 0.329 e. The van der Waals surface area contributed by atoms with E-state index in [0.717, 1.165) is 54.5 Å². The van der Waals surface area contributed by atoms with Gasteiger partial charge in [-0.15, -0.1) is 0 Å². The van der Waals surface area contributed by atoms with Crippen molar-refractivity contribution in [3.63, 3.8) is 0 Å². The van der Waals surface area contributed by atoms with Crippen LogP contribution in [0.4, 0.5) is 0 Å². The van der Waals surface area contributed by atoms with Crippen LogP contribution in [0, 0.1) is 13.8 Å². The maximum absolute atomic E-state index is 12.6. The highest BCUT2D eigenvalue weighted by Gasteiger charge is 2.39. The van der Waals surface area contributed by atoms with Gasteiger partial charge in [0.1, 0.15) is 11.3 Å². The zero-order chi connectivity index (χ0) is 18.4. The first-order valence-electron chi connectivity index (χ1n) is 9.06. The third kappa shape index (κ3) is 4.74. The van der Waals surface area contributed by atoms with Gasteiger partial charge < -0.3 is 15.2 Å². The molecule has 138 valence electrons. The van der Waals surface area contributed by atoms with Crippen LogP contribution >= 0.6 is 0 Å². The number of ether oxygens (including phenoxy) is 1. The second-order valence-corrected chi connectivity index (χ2v) is 7.12. The van der Waals surface area contributed by atoms with Gasteiger partial charge in [0, 0.05) is 0 Å². The number of amides is 1. The fourth-order valence-corrected chi connectivity index (χ4v) is 3.72. The van der Waals surface area contributed by atoms with Crippen LogP contribution in [-0.2, 0) is 16.0 Å². The molecule has 1 aliphatic rings. The Labute approximate surface area is 149 Å². The third-order valence-corrected chi connectivity index (χ3v) is 5.24. The molecule has 0 radical (unpaired) electrons. The molecule has 25 heavy (non-hydrogen) atoms. The quantitative estimate of drug-likeness (QED) is 0.854. The van der Waals surface area contributed by atoms with E-state index < -0.39 is 11.5 Å². The molecule has 2 rings (SSSR count). The molecule has 1 aromatic rings. The van der Waals surface area contributed by atoms with E-state index in [-0.39, 0.29) is 12.3 Å². The van der Waals surface area contributed by atoms with Crippen LogP contribution in [0.1, 0.15) is 61.6 Å². The number of methoxy groups -OCH3 is 1. The number of hydrogen-bond donors (Lipinski definition) is 2. The lowest BCUT2D eigenvalue weighted by Gasteiger charge is -2.32. The second-order valence-electron chi connectivity index (χ2n) is 7.12. The average Bonchev–Trinajstić information content (AvgIpc) is 2.53. The fourth-order valence-electron chi connectivity index (χ4n) is 3.72. The summed E-state index contributed by atoms with van der Waals surface area (Å²) in [4.78, 5) is 24.6. The minimum absolute atomic E-state index is 0.191. The molecule has 0 bridgehead atoms. The van der Waals surface area contributed by atoms with Crippen molar-refractivity contribution in [2.75, 3.05) is 7.11 Å². The summed E-state index contributed by atoms with van der Waals surface area (Å²) >= 11 is 0. The van der Waals surface area contributed by atoms with E-state index in [1.54, 1.807) is 7.11 Å². The number of carbonyl (C=O) groups excluding carboxylic acids is 1. The largest absolute Gasteiger partial charge is 0.497 e. The molecular weight excluding hydrogens is 318 g/mol. The molecule has 2 N–H and O–H groups in total. The maximum atomic E-state index is 12.6. The van der Waals surface area contributed by atoms with E-state index in [2.05, 4.69) is 5.32 Å². The Balaban J connectivity index is 2.15. The number of hydrogen-bond acceptors (Lipinski definition) is 3. The molecule has 0 unspecified atom stereocenters. The van der Waals surface area contributed by atoms with E-state index in [0.29, 0.717) is 12.8 Å². The Kier molecular flexibility index (Phi) is 6.45.